The molecule has 2 heterocycles. The molecule has 0 aliphatic carbocycles. The summed E-state index contributed by atoms with van der Waals surface area (Å²) in [5, 5.41) is 8.04. The van der Waals surface area contributed by atoms with Gasteiger partial charge in [-0.25, -0.2) is 4.79 Å². The number of amides is 2. The lowest BCUT2D eigenvalue weighted by atomic mass is 9.93. The maximum Gasteiger partial charge on any atom is 0.326 e. The molecule has 0 radical (unpaired) electrons. The second-order valence-electron chi connectivity index (χ2n) is 8.77. The lowest BCUT2D eigenvalue weighted by Gasteiger charge is -2.35. The van der Waals surface area contributed by atoms with Gasteiger partial charge in [0.15, 0.2) is 0 Å². The molecule has 2 amide bonds. The topological polar surface area (TPSA) is 71.3 Å². The van der Waals surface area contributed by atoms with Crippen LogP contribution in [0.2, 0.25) is 5.02 Å². The molecular formula is C29H27ClN4O2. The fraction of sp³-hybridized carbons (Fsp3) is 0.207. The van der Waals surface area contributed by atoms with E-state index in [1.54, 1.807) is 17.0 Å². The third-order valence-electron chi connectivity index (χ3n) is 6.54. The molecule has 0 fully saturated rings. The number of carbonyl (C=O) groups excluding carboxylic acids is 1. The Morgan fingerprint density at radius 2 is 1.69 bits per heavy atom. The van der Waals surface area contributed by atoms with Gasteiger partial charge in [0.2, 0.25) is 5.82 Å². The second-order valence-corrected chi connectivity index (χ2v) is 9.20. The Morgan fingerprint density at radius 3 is 2.39 bits per heavy atom. The zero-order valence-corrected chi connectivity index (χ0v) is 21.2. The van der Waals surface area contributed by atoms with Gasteiger partial charge in [0.05, 0.1) is 17.3 Å². The van der Waals surface area contributed by atoms with E-state index in [0.717, 1.165) is 46.5 Å². The maximum atomic E-state index is 13.4. The molecule has 4 aromatic rings. The lowest BCUT2D eigenvalue weighted by Crippen LogP contribution is -2.46. The number of allylic oxidation sites excluding steroid dienone is 1. The van der Waals surface area contributed by atoms with E-state index in [1.807, 2.05) is 49.4 Å². The second kappa shape index (κ2) is 9.99. The molecule has 0 saturated carbocycles. The van der Waals surface area contributed by atoms with Gasteiger partial charge in [-0.05, 0) is 72.9 Å². The van der Waals surface area contributed by atoms with Crippen LogP contribution in [-0.4, -0.2) is 16.2 Å². The van der Waals surface area contributed by atoms with Crippen molar-refractivity contribution in [2.45, 2.75) is 39.7 Å². The fourth-order valence-electron chi connectivity index (χ4n) is 4.49. The third-order valence-corrected chi connectivity index (χ3v) is 6.79. The van der Waals surface area contributed by atoms with Crippen molar-refractivity contribution in [3.8, 4) is 11.4 Å². The number of halogens is 1. The Morgan fingerprint density at radius 1 is 0.972 bits per heavy atom. The molecule has 1 atom stereocenters. The van der Waals surface area contributed by atoms with Crippen LogP contribution in [0.5, 0.6) is 0 Å². The first kappa shape index (κ1) is 23.8. The normalized spacial score (nSPS) is 15.8. The number of hydrogen-bond acceptors (Lipinski definition) is 4. The molecular weight excluding hydrogens is 472 g/mol. The molecule has 1 unspecified atom stereocenters. The van der Waals surface area contributed by atoms with Gasteiger partial charge in [0.1, 0.15) is 0 Å². The van der Waals surface area contributed by atoms with Crippen LogP contribution in [0.3, 0.4) is 0 Å². The number of nitrogens with zero attached hydrogens (tertiary/aromatic N) is 3. The summed E-state index contributed by atoms with van der Waals surface area (Å²) in [6.45, 7) is 6.13. The van der Waals surface area contributed by atoms with E-state index in [-0.39, 0.29) is 6.03 Å². The van der Waals surface area contributed by atoms with Crippen LogP contribution < -0.4 is 10.2 Å². The summed E-state index contributed by atoms with van der Waals surface area (Å²) in [6, 6.07) is 22.9. The van der Waals surface area contributed by atoms with E-state index < -0.39 is 6.04 Å². The molecule has 0 spiro atoms. The highest BCUT2D eigenvalue weighted by Gasteiger charge is 2.36. The van der Waals surface area contributed by atoms with Crippen molar-refractivity contribution in [3.05, 3.63) is 106 Å². The first-order valence-electron chi connectivity index (χ1n) is 12.1. The molecule has 1 N–H and O–H groups in total. The predicted molar refractivity (Wildman–Crippen MR) is 143 cm³/mol. The summed E-state index contributed by atoms with van der Waals surface area (Å²) in [6.07, 6.45) is 1.81. The van der Waals surface area contributed by atoms with Crippen molar-refractivity contribution in [1.29, 1.82) is 0 Å². The van der Waals surface area contributed by atoms with Gasteiger partial charge in [-0.15, -0.1) is 0 Å². The van der Waals surface area contributed by atoms with Gasteiger partial charge in [-0.2, -0.15) is 4.98 Å². The number of rotatable bonds is 6. The minimum absolute atomic E-state index is 0.202. The summed E-state index contributed by atoms with van der Waals surface area (Å²) < 4.78 is 5.79. The van der Waals surface area contributed by atoms with Crippen LogP contribution in [0.15, 0.2) is 83.0 Å². The van der Waals surface area contributed by atoms with Crippen LogP contribution in [0.25, 0.3) is 17.0 Å². The predicted octanol–water partition coefficient (Wildman–Crippen LogP) is 7.22. The van der Waals surface area contributed by atoms with Gasteiger partial charge in [-0.3, -0.25) is 4.90 Å². The zero-order valence-electron chi connectivity index (χ0n) is 20.5. The lowest BCUT2D eigenvalue weighted by molar-refractivity contribution is 0.244. The molecule has 1 aromatic heterocycles. The number of aryl methyl sites for hydroxylation is 2. The van der Waals surface area contributed by atoms with Crippen LogP contribution in [-0.2, 0) is 12.8 Å². The van der Waals surface area contributed by atoms with Crippen LogP contribution in [0.1, 0.15) is 49.4 Å². The molecule has 182 valence electrons. The number of benzene rings is 3. The Bertz CT molecular complexity index is 1420. The Hall–Kier alpha value is -3.90. The van der Waals surface area contributed by atoms with Crippen molar-refractivity contribution in [2.24, 2.45) is 0 Å². The molecule has 36 heavy (non-hydrogen) atoms. The number of carbonyl (C=O) groups is 1. The number of anilines is 1. The van der Waals surface area contributed by atoms with Gasteiger partial charge < -0.3 is 9.84 Å². The van der Waals surface area contributed by atoms with Gasteiger partial charge in [0, 0.05) is 16.3 Å². The standard InChI is InChI=1S/C29H27ClN4O2/c1-4-19-9-11-21(12-10-19)26-25(28-32-27(33-36-28)22-13-15-23(30)16-14-22)18(3)34(29(35)31-26)24-8-6-7-20(5-2)17-24/h6-17,26H,4-5H2,1-3H3,(H,31,35). The van der Waals surface area contributed by atoms with Crippen molar-refractivity contribution >= 4 is 28.9 Å². The van der Waals surface area contributed by atoms with Gasteiger partial charge in [-0.1, -0.05) is 67.0 Å². The Balaban J connectivity index is 1.64. The maximum absolute atomic E-state index is 13.4. The highest BCUT2D eigenvalue weighted by molar-refractivity contribution is 6.30. The summed E-state index contributed by atoms with van der Waals surface area (Å²) in [5.41, 5.74) is 6.40. The summed E-state index contributed by atoms with van der Waals surface area (Å²) in [4.78, 5) is 19.9. The van der Waals surface area contributed by atoms with Crippen molar-refractivity contribution in [1.82, 2.24) is 15.5 Å². The molecule has 1 aliphatic rings. The molecule has 3 aromatic carbocycles. The number of aromatic nitrogens is 2. The molecule has 0 bridgehead atoms. The largest absolute Gasteiger partial charge is 0.334 e. The van der Waals surface area contributed by atoms with E-state index in [2.05, 4.69) is 42.5 Å². The highest BCUT2D eigenvalue weighted by atomic mass is 35.5. The molecule has 5 rings (SSSR count). The monoisotopic (exact) mass is 498 g/mol. The van der Waals surface area contributed by atoms with Crippen molar-refractivity contribution in [2.75, 3.05) is 4.90 Å². The van der Waals surface area contributed by atoms with E-state index in [1.165, 1.54) is 5.56 Å². The van der Waals surface area contributed by atoms with E-state index in [9.17, 15) is 4.79 Å². The van der Waals surface area contributed by atoms with Crippen molar-refractivity contribution in [3.63, 3.8) is 0 Å². The quantitative estimate of drug-likeness (QED) is 0.304. The summed E-state index contributed by atoms with van der Waals surface area (Å²) in [5.74, 6) is 0.817. The molecule has 6 nitrogen and oxygen atoms in total. The average molecular weight is 499 g/mol. The number of nitrogens with one attached hydrogen (secondary N) is 1. The molecule has 7 heteroatoms. The fourth-order valence-corrected chi connectivity index (χ4v) is 4.62. The number of hydrogen-bond donors (Lipinski definition) is 1. The van der Waals surface area contributed by atoms with Crippen molar-refractivity contribution < 1.29 is 9.32 Å². The average Bonchev–Trinajstić information content (AvgIpc) is 3.38. The van der Waals surface area contributed by atoms with Crippen LogP contribution in [0.4, 0.5) is 10.5 Å². The summed E-state index contributed by atoms with van der Waals surface area (Å²) in [7, 11) is 0. The van der Waals surface area contributed by atoms with Gasteiger partial charge in [0.25, 0.3) is 5.89 Å². The highest BCUT2D eigenvalue weighted by Crippen LogP contribution is 2.39. The number of urea groups is 1. The minimum Gasteiger partial charge on any atom is -0.334 e. The third kappa shape index (κ3) is 4.52. The molecule has 0 saturated heterocycles. The first-order valence-corrected chi connectivity index (χ1v) is 12.5. The van der Waals surface area contributed by atoms with E-state index >= 15 is 0 Å². The summed E-state index contributed by atoms with van der Waals surface area (Å²) >= 11 is 6.05. The minimum atomic E-state index is -0.437. The smallest absolute Gasteiger partial charge is 0.326 e. The SMILES string of the molecule is CCc1ccc(C2NC(=O)N(c3cccc(CC)c3)C(C)=C2c2nc(-c3ccc(Cl)cc3)no2)cc1. The van der Waals surface area contributed by atoms with Crippen LogP contribution in [0, 0.1) is 0 Å². The van der Waals surface area contributed by atoms with E-state index in [0.29, 0.717) is 16.7 Å². The Kier molecular flexibility index (Phi) is 6.61. The van der Waals surface area contributed by atoms with Gasteiger partial charge >= 0.3 is 6.03 Å². The van der Waals surface area contributed by atoms with E-state index in [4.69, 9.17) is 21.1 Å². The molecule has 1 aliphatic heterocycles. The zero-order chi connectivity index (χ0) is 25.2. The Labute approximate surface area is 215 Å². The first-order chi connectivity index (χ1) is 17.5. The van der Waals surface area contributed by atoms with Crippen LogP contribution >= 0.6 is 11.6 Å².